The lowest BCUT2D eigenvalue weighted by Gasteiger charge is -2.21. The number of H-pyrrole nitrogens is 1. The lowest BCUT2D eigenvalue weighted by Crippen LogP contribution is -2.44. The van der Waals surface area contributed by atoms with E-state index in [0.29, 0.717) is 23.0 Å². The van der Waals surface area contributed by atoms with Crippen molar-refractivity contribution in [3.8, 4) is 0 Å². The number of aryl methyl sites for hydroxylation is 1. The van der Waals surface area contributed by atoms with Crippen molar-refractivity contribution in [1.82, 2.24) is 15.1 Å². The van der Waals surface area contributed by atoms with Crippen LogP contribution >= 0.6 is 34.8 Å². The number of thiocarbonyl (C=S) groups is 1. The molecule has 9 nitrogen and oxygen atoms in total. The maximum absolute atomic E-state index is 12.8. The topological polar surface area (TPSA) is 103 Å². The molecule has 2 aromatic rings. The first-order valence-corrected chi connectivity index (χ1v) is 10.0. The number of rotatable bonds is 6. The van der Waals surface area contributed by atoms with Gasteiger partial charge >= 0.3 is 11.3 Å². The molecule has 2 heterocycles. The molecular weight excluding hydrogens is 497 g/mol. The van der Waals surface area contributed by atoms with E-state index in [0.717, 1.165) is 3.57 Å². The molecule has 0 radical (unpaired) electrons. The van der Waals surface area contributed by atoms with Crippen LogP contribution in [-0.2, 0) is 23.2 Å². The lowest BCUT2D eigenvalue weighted by molar-refractivity contribution is -0.746. The highest BCUT2D eigenvalue weighted by Crippen LogP contribution is 2.22. The minimum atomic E-state index is -0.786. The highest BCUT2D eigenvalue weighted by Gasteiger charge is 2.44. The van der Waals surface area contributed by atoms with E-state index in [1.54, 1.807) is 31.0 Å². The SMILES string of the molecule is CCN1C(=O)C(CC(=O)Nc2ccc(I)cc2)N(Cc2c(=O)o[nH][n+]2C)C1=S. The van der Waals surface area contributed by atoms with Gasteiger partial charge in [-0.15, -0.1) is 0 Å². The molecule has 1 atom stereocenters. The number of hydrogen-bond acceptors (Lipinski definition) is 5. The number of nitrogens with zero attached hydrogens (tertiary/aromatic N) is 3. The number of carbonyl (C=O) groups is 2. The Balaban J connectivity index is 1.80. The normalized spacial score (nSPS) is 16.8. The van der Waals surface area contributed by atoms with E-state index >= 15 is 0 Å². The Morgan fingerprint density at radius 3 is 2.61 bits per heavy atom. The fourth-order valence-corrected chi connectivity index (χ4v) is 3.75. The third-order valence-electron chi connectivity index (χ3n) is 4.46. The zero-order valence-electron chi connectivity index (χ0n) is 15.3. The molecular formula is C17H19IN5O4S+. The van der Waals surface area contributed by atoms with Gasteiger partial charge in [0.2, 0.25) is 5.91 Å². The van der Waals surface area contributed by atoms with E-state index in [-0.39, 0.29) is 24.8 Å². The minimum Gasteiger partial charge on any atom is -0.326 e. The molecule has 2 amide bonds. The molecule has 1 aromatic heterocycles. The maximum Gasteiger partial charge on any atom is 0.431 e. The van der Waals surface area contributed by atoms with Gasteiger partial charge in [0.25, 0.3) is 5.91 Å². The Morgan fingerprint density at radius 2 is 2.04 bits per heavy atom. The van der Waals surface area contributed by atoms with Gasteiger partial charge in [-0.3, -0.25) is 19.0 Å². The van der Waals surface area contributed by atoms with Crippen LogP contribution in [0.2, 0.25) is 0 Å². The van der Waals surface area contributed by atoms with Crippen molar-refractivity contribution in [2.45, 2.75) is 25.9 Å². The van der Waals surface area contributed by atoms with Gasteiger partial charge < -0.3 is 10.2 Å². The molecule has 2 N–H and O–H groups in total. The first kappa shape index (κ1) is 20.5. The van der Waals surface area contributed by atoms with Gasteiger partial charge in [-0.1, -0.05) is 4.68 Å². The number of halogens is 1. The third-order valence-corrected chi connectivity index (χ3v) is 5.64. The summed E-state index contributed by atoms with van der Waals surface area (Å²) in [5, 5.41) is 5.52. The molecule has 1 aliphatic rings. The standard InChI is InChI=1S/C17H18IN5O4S/c1-3-22-15(25)12(8-14(24)19-11-6-4-10(18)5-7-11)23(17(22)28)9-13-16(26)27-20-21(13)2/h4-7,12H,3,8-9H2,1-2H3,(H-,19,20,24,26)/p+1. The molecule has 28 heavy (non-hydrogen) atoms. The molecule has 1 aliphatic heterocycles. The highest BCUT2D eigenvalue weighted by atomic mass is 127. The van der Waals surface area contributed by atoms with Crippen LogP contribution in [0.4, 0.5) is 5.69 Å². The monoisotopic (exact) mass is 516 g/mol. The number of amides is 2. The van der Waals surface area contributed by atoms with E-state index in [1.807, 2.05) is 12.1 Å². The van der Waals surface area contributed by atoms with Crippen LogP contribution in [-0.4, -0.2) is 44.6 Å². The van der Waals surface area contributed by atoms with Crippen molar-refractivity contribution in [1.29, 1.82) is 0 Å². The number of aromatic nitrogens is 2. The smallest absolute Gasteiger partial charge is 0.326 e. The summed E-state index contributed by atoms with van der Waals surface area (Å²) < 4.78 is 7.23. The fourth-order valence-electron chi connectivity index (χ4n) is 2.98. The molecule has 1 aromatic carbocycles. The average molecular weight is 516 g/mol. The van der Waals surface area contributed by atoms with Gasteiger partial charge in [0.15, 0.2) is 12.2 Å². The molecule has 0 spiro atoms. The van der Waals surface area contributed by atoms with Crippen molar-refractivity contribution >= 4 is 57.4 Å². The van der Waals surface area contributed by atoms with Gasteiger partial charge in [-0.25, -0.2) is 4.79 Å². The molecule has 1 fully saturated rings. The summed E-state index contributed by atoms with van der Waals surface area (Å²) in [6.45, 7) is 2.25. The van der Waals surface area contributed by atoms with Crippen molar-refractivity contribution in [3.63, 3.8) is 0 Å². The number of aromatic amines is 1. The highest BCUT2D eigenvalue weighted by molar-refractivity contribution is 14.1. The number of nitrogens with one attached hydrogen (secondary N) is 2. The Kier molecular flexibility index (Phi) is 6.13. The molecule has 1 saturated heterocycles. The Labute approximate surface area is 179 Å². The van der Waals surface area contributed by atoms with Crippen LogP contribution in [0.25, 0.3) is 0 Å². The van der Waals surface area contributed by atoms with Crippen molar-refractivity contribution < 1.29 is 18.8 Å². The van der Waals surface area contributed by atoms with E-state index in [9.17, 15) is 14.4 Å². The zero-order valence-corrected chi connectivity index (χ0v) is 18.2. The van der Waals surface area contributed by atoms with Crippen molar-refractivity contribution in [2.24, 2.45) is 7.05 Å². The molecule has 0 aliphatic carbocycles. The minimum absolute atomic E-state index is 0.0604. The van der Waals surface area contributed by atoms with E-state index in [2.05, 4.69) is 33.2 Å². The van der Waals surface area contributed by atoms with E-state index < -0.39 is 11.7 Å². The number of likely N-dealkylation sites (N-methyl/N-ethyl adjacent to an activating group) is 1. The van der Waals surface area contributed by atoms with Gasteiger partial charge in [-0.2, -0.15) is 0 Å². The third kappa shape index (κ3) is 4.09. The second-order valence-corrected chi connectivity index (χ2v) is 7.87. The van der Waals surface area contributed by atoms with Gasteiger partial charge in [-0.05, 0) is 71.3 Å². The number of hydrogen-bond donors (Lipinski definition) is 2. The van der Waals surface area contributed by atoms with Gasteiger partial charge in [0.1, 0.15) is 12.6 Å². The largest absolute Gasteiger partial charge is 0.431 e. The molecule has 148 valence electrons. The molecule has 11 heteroatoms. The fraction of sp³-hybridized carbons (Fsp3) is 0.353. The predicted octanol–water partition coefficient (Wildman–Crippen LogP) is 0.743. The maximum atomic E-state index is 12.8. The van der Waals surface area contributed by atoms with Crippen LogP contribution in [0.15, 0.2) is 33.6 Å². The summed E-state index contributed by atoms with van der Waals surface area (Å²) in [7, 11) is 1.62. The number of anilines is 1. The zero-order chi connectivity index (χ0) is 20.4. The summed E-state index contributed by atoms with van der Waals surface area (Å²) in [4.78, 5) is 40.3. The van der Waals surface area contributed by atoms with E-state index in [1.165, 1.54) is 9.58 Å². The average Bonchev–Trinajstić information content (AvgIpc) is 3.08. The van der Waals surface area contributed by atoms with Crippen LogP contribution in [0.3, 0.4) is 0 Å². The van der Waals surface area contributed by atoms with Crippen molar-refractivity contribution in [3.05, 3.63) is 43.9 Å². The first-order chi connectivity index (χ1) is 13.3. The summed E-state index contributed by atoms with van der Waals surface area (Å²) in [6.07, 6.45) is -0.0824. The lowest BCUT2D eigenvalue weighted by atomic mass is 10.1. The van der Waals surface area contributed by atoms with Gasteiger partial charge in [0.05, 0.1) is 6.42 Å². The molecule has 1 unspecified atom stereocenters. The summed E-state index contributed by atoms with van der Waals surface area (Å²) in [5.41, 5.74) is 0.404. The Hall–Kier alpha value is -2.28. The van der Waals surface area contributed by atoms with Gasteiger partial charge in [0, 0.05) is 15.8 Å². The number of carbonyl (C=O) groups excluding carboxylic acids is 2. The summed E-state index contributed by atoms with van der Waals surface area (Å²) >= 11 is 7.60. The van der Waals surface area contributed by atoms with Crippen molar-refractivity contribution in [2.75, 3.05) is 11.9 Å². The van der Waals surface area contributed by atoms with E-state index in [4.69, 9.17) is 16.7 Å². The second-order valence-electron chi connectivity index (χ2n) is 6.25. The predicted molar refractivity (Wildman–Crippen MR) is 112 cm³/mol. The van der Waals surface area contributed by atoms with Crippen LogP contribution in [0.1, 0.15) is 19.0 Å². The molecule has 0 bridgehead atoms. The van der Waals surface area contributed by atoms with Crippen LogP contribution in [0, 0.1) is 3.57 Å². The second kappa shape index (κ2) is 8.39. The Morgan fingerprint density at radius 1 is 1.36 bits per heavy atom. The Bertz CT molecular complexity index is 971. The van der Waals surface area contributed by atoms with Crippen LogP contribution < -0.4 is 15.6 Å². The number of benzene rings is 1. The summed E-state index contributed by atoms with van der Waals surface area (Å²) in [6, 6.07) is 6.56. The first-order valence-electron chi connectivity index (χ1n) is 8.55. The molecule has 3 rings (SSSR count). The summed E-state index contributed by atoms with van der Waals surface area (Å²) in [5.74, 6) is -0.566. The van der Waals surface area contributed by atoms with Crippen LogP contribution in [0.5, 0.6) is 0 Å². The quantitative estimate of drug-likeness (QED) is 0.334. The molecule has 0 saturated carbocycles.